The van der Waals surface area contributed by atoms with Crippen LogP contribution < -0.4 is 5.32 Å². The van der Waals surface area contributed by atoms with E-state index in [0.717, 1.165) is 38.9 Å². The summed E-state index contributed by atoms with van der Waals surface area (Å²) >= 11 is 1.53. The summed E-state index contributed by atoms with van der Waals surface area (Å²) in [5.74, 6) is -0.206. The number of likely N-dealkylation sites (tertiary alicyclic amines) is 1. The van der Waals surface area contributed by atoms with Crippen LogP contribution in [0.1, 0.15) is 53.1 Å². The Morgan fingerprint density at radius 2 is 1.57 bits per heavy atom. The number of carbonyl (C=O) groups is 3. The Kier molecular flexibility index (Phi) is 11.5. The minimum absolute atomic E-state index is 0.0300. The van der Waals surface area contributed by atoms with Crippen LogP contribution in [0.3, 0.4) is 0 Å². The van der Waals surface area contributed by atoms with E-state index >= 15 is 0 Å². The number of thioether (sulfide) groups is 1. The Labute approximate surface area is 311 Å². The zero-order valence-corrected chi connectivity index (χ0v) is 29.6. The van der Waals surface area contributed by atoms with Crippen LogP contribution in [0.4, 0.5) is 4.79 Å². The summed E-state index contributed by atoms with van der Waals surface area (Å²) in [6.07, 6.45) is 2.16. The van der Waals surface area contributed by atoms with E-state index in [1.807, 2.05) is 103 Å². The number of aliphatic hydroxyl groups excluding tert-OH is 1. The molecule has 4 aromatic carbocycles. The van der Waals surface area contributed by atoms with Crippen LogP contribution in [0.5, 0.6) is 0 Å². The molecule has 2 aliphatic rings. The van der Waals surface area contributed by atoms with Crippen LogP contribution in [-0.2, 0) is 43.6 Å². The van der Waals surface area contributed by atoms with Crippen molar-refractivity contribution >= 4 is 29.7 Å². The van der Waals surface area contributed by atoms with Gasteiger partial charge in [-0.3, -0.25) is 14.5 Å². The first kappa shape index (κ1) is 36.0. The van der Waals surface area contributed by atoms with Crippen LogP contribution >= 0.6 is 11.8 Å². The van der Waals surface area contributed by atoms with E-state index < -0.39 is 24.3 Å². The average Bonchev–Trinajstić information content (AvgIpc) is 3.47. The lowest BCUT2D eigenvalue weighted by molar-refractivity contribution is -0.245. The summed E-state index contributed by atoms with van der Waals surface area (Å²) < 4.78 is 18.3. The Balaban J connectivity index is 1.03. The van der Waals surface area contributed by atoms with E-state index in [1.54, 1.807) is 18.5 Å². The number of nitrogens with one attached hydrogen (secondary N) is 1. The molecule has 11 nitrogen and oxygen atoms in total. The normalized spacial score (nSPS) is 20.0. The number of nitrogens with zero attached hydrogens (tertiary/aromatic N) is 3. The largest absolute Gasteiger partial charge is 0.445 e. The van der Waals surface area contributed by atoms with Gasteiger partial charge in [-0.1, -0.05) is 115 Å². The molecular formula is C41H38N4O7S. The molecule has 0 bridgehead atoms. The molecular weight excluding hydrogens is 693 g/mol. The van der Waals surface area contributed by atoms with Gasteiger partial charge in [0.2, 0.25) is 5.91 Å². The molecule has 53 heavy (non-hydrogen) atoms. The third-order valence-corrected chi connectivity index (χ3v) is 10.2. The van der Waals surface area contributed by atoms with Gasteiger partial charge in [-0.25, -0.2) is 14.8 Å². The highest BCUT2D eigenvalue weighted by atomic mass is 32.2. The molecule has 2 saturated heterocycles. The highest BCUT2D eigenvalue weighted by Crippen LogP contribution is 2.40. The van der Waals surface area contributed by atoms with Crippen LogP contribution in [0.15, 0.2) is 127 Å². The van der Waals surface area contributed by atoms with Gasteiger partial charge >= 0.3 is 6.09 Å². The summed E-state index contributed by atoms with van der Waals surface area (Å²) in [4.78, 5) is 48.6. The summed E-state index contributed by atoms with van der Waals surface area (Å²) in [5, 5.41) is 12.8. The molecule has 0 aliphatic carbocycles. The molecule has 4 atom stereocenters. The molecule has 2 N–H and O–H groups in total. The predicted octanol–water partition coefficient (Wildman–Crippen LogP) is 6.53. The van der Waals surface area contributed by atoms with Gasteiger partial charge in [0.05, 0.1) is 31.8 Å². The summed E-state index contributed by atoms with van der Waals surface area (Å²) in [7, 11) is 0. The number of alkyl carbamates (subject to hydrolysis) is 1. The van der Waals surface area contributed by atoms with Gasteiger partial charge in [0.15, 0.2) is 11.4 Å². The van der Waals surface area contributed by atoms with Crippen molar-refractivity contribution in [3.63, 3.8) is 0 Å². The van der Waals surface area contributed by atoms with Gasteiger partial charge in [-0.15, -0.1) is 0 Å². The molecule has 12 heteroatoms. The average molecular weight is 731 g/mol. The van der Waals surface area contributed by atoms with Crippen LogP contribution in [0, 0.1) is 0 Å². The minimum atomic E-state index is -0.994. The third-order valence-electron chi connectivity index (χ3n) is 9.14. The highest BCUT2D eigenvalue weighted by Gasteiger charge is 2.40. The molecule has 3 amide bonds. The van der Waals surface area contributed by atoms with Gasteiger partial charge in [-0.05, 0) is 39.4 Å². The maximum atomic E-state index is 13.3. The van der Waals surface area contributed by atoms with Crippen molar-refractivity contribution in [2.75, 3.05) is 5.75 Å². The van der Waals surface area contributed by atoms with Crippen molar-refractivity contribution in [2.45, 2.75) is 62.3 Å². The number of benzene rings is 4. The molecule has 0 radical (unpaired) electrons. The smallest absolute Gasteiger partial charge is 0.408 e. The lowest BCUT2D eigenvalue weighted by atomic mass is 9.97. The molecule has 4 unspecified atom stereocenters. The maximum absolute atomic E-state index is 13.3. The van der Waals surface area contributed by atoms with E-state index in [1.165, 1.54) is 16.7 Å². The van der Waals surface area contributed by atoms with Crippen LogP contribution in [0.2, 0.25) is 0 Å². The number of aromatic nitrogens is 2. The fraction of sp³-hybridized carbons (Fsp3) is 0.244. The molecule has 1 aromatic heterocycles. The molecule has 3 heterocycles. The lowest BCUT2D eigenvalue weighted by Gasteiger charge is -2.36. The van der Waals surface area contributed by atoms with Crippen LogP contribution in [-0.4, -0.2) is 55.8 Å². The second-order valence-electron chi connectivity index (χ2n) is 12.8. The highest BCUT2D eigenvalue weighted by molar-refractivity contribution is 7.99. The molecule has 2 fully saturated rings. The second-order valence-corrected chi connectivity index (χ2v) is 13.7. The SMILES string of the molecule is O=C(NC1CC(=O)N(Cc2ccccc2-c2ccc(C3OC(CSc4ncccn4)CC(c4ccc(CO)cc4)O3)cc2)C1=O)OCc1ccccc1. The Hall–Kier alpha value is -5.40. The van der Waals surface area contributed by atoms with Crippen molar-refractivity contribution in [3.05, 3.63) is 149 Å². The Morgan fingerprint density at radius 1 is 0.849 bits per heavy atom. The molecule has 7 rings (SSSR count). The fourth-order valence-corrected chi connectivity index (χ4v) is 7.17. The van der Waals surface area contributed by atoms with Crippen molar-refractivity contribution in [1.82, 2.24) is 20.2 Å². The minimum Gasteiger partial charge on any atom is -0.445 e. The van der Waals surface area contributed by atoms with E-state index in [0.29, 0.717) is 17.3 Å². The molecule has 0 spiro atoms. The van der Waals surface area contributed by atoms with Gasteiger partial charge in [0, 0.05) is 30.1 Å². The predicted molar refractivity (Wildman–Crippen MR) is 197 cm³/mol. The lowest BCUT2D eigenvalue weighted by Crippen LogP contribution is -2.41. The number of rotatable bonds is 12. The topological polar surface area (TPSA) is 140 Å². The number of imide groups is 1. The molecule has 5 aromatic rings. The van der Waals surface area contributed by atoms with E-state index in [4.69, 9.17) is 14.2 Å². The Morgan fingerprint density at radius 3 is 2.32 bits per heavy atom. The van der Waals surface area contributed by atoms with Gasteiger partial charge in [-0.2, -0.15) is 0 Å². The second kappa shape index (κ2) is 17.0. The standard InChI is InChI=1S/C41H38N4O7S/c46-24-27-11-13-30(14-12-27)36-21-33(26-53-40-42-19-6-20-43-40)51-39(52-36)31-17-15-29(16-18-31)34-10-5-4-9-32(34)23-45-37(47)22-35(38(45)48)44-41(49)50-25-28-7-2-1-3-8-28/h1-20,33,35-36,39,46H,21-26H2,(H,44,49). The van der Waals surface area contributed by atoms with E-state index in [-0.39, 0.29) is 44.3 Å². The summed E-state index contributed by atoms with van der Waals surface area (Å²) in [5.41, 5.74) is 6.02. The first-order valence-corrected chi connectivity index (χ1v) is 18.3. The van der Waals surface area contributed by atoms with Crippen molar-refractivity contribution in [1.29, 1.82) is 0 Å². The molecule has 270 valence electrons. The fourth-order valence-electron chi connectivity index (χ4n) is 6.35. The summed E-state index contributed by atoms with van der Waals surface area (Å²) in [6, 6.07) is 33.3. The zero-order valence-electron chi connectivity index (χ0n) is 28.7. The number of carbonyl (C=O) groups excluding carboxylic acids is 3. The first-order chi connectivity index (χ1) is 25.9. The first-order valence-electron chi connectivity index (χ1n) is 17.3. The van der Waals surface area contributed by atoms with Gasteiger partial charge < -0.3 is 24.6 Å². The van der Waals surface area contributed by atoms with Gasteiger partial charge in [0.1, 0.15) is 12.6 Å². The van der Waals surface area contributed by atoms with Crippen LogP contribution in [0.25, 0.3) is 11.1 Å². The van der Waals surface area contributed by atoms with E-state index in [9.17, 15) is 19.5 Å². The molecule has 2 aliphatic heterocycles. The van der Waals surface area contributed by atoms with Gasteiger partial charge in [0.25, 0.3) is 5.91 Å². The third kappa shape index (κ3) is 8.98. The van der Waals surface area contributed by atoms with Crippen molar-refractivity contribution in [3.8, 4) is 11.1 Å². The van der Waals surface area contributed by atoms with E-state index in [2.05, 4.69) is 15.3 Å². The zero-order chi connectivity index (χ0) is 36.6. The number of amides is 3. The molecule has 0 saturated carbocycles. The number of hydrogen-bond donors (Lipinski definition) is 2. The number of ether oxygens (including phenoxy) is 3. The van der Waals surface area contributed by atoms with Crippen molar-refractivity contribution in [2.24, 2.45) is 0 Å². The number of hydrogen-bond acceptors (Lipinski definition) is 10. The summed E-state index contributed by atoms with van der Waals surface area (Å²) in [6.45, 7) is 0.0835. The van der Waals surface area contributed by atoms with Crippen molar-refractivity contribution < 1.29 is 33.7 Å². The Bertz CT molecular complexity index is 2020. The maximum Gasteiger partial charge on any atom is 0.408 e. The number of aliphatic hydroxyl groups is 1. The monoisotopic (exact) mass is 730 g/mol. The quantitative estimate of drug-likeness (QED) is 0.0828.